The number of amides is 1. The Morgan fingerprint density at radius 3 is 2.94 bits per heavy atom. The van der Waals surface area contributed by atoms with Gasteiger partial charge in [-0.1, -0.05) is 38.1 Å². The van der Waals surface area contributed by atoms with E-state index in [9.17, 15) is 14.7 Å². The smallest absolute Gasteiger partial charge is 0.337 e. The van der Waals surface area contributed by atoms with Gasteiger partial charge in [-0.3, -0.25) is 4.79 Å². The molecule has 0 unspecified atom stereocenters. The van der Waals surface area contributed by atoms with Crippen LogP contribution in [-0.4, -0.2) is 47.7 Å². The van der Waals surface area contributed by atoms with Gasteiger partial charge in [-0.2, -0.15) is 0 Å². The maximum absolute atomic E-state index is 12.3. The summed E-state index contributed by atoms with van der Waals surface area (Å²) >= 11 is 0. The van der Waals surface area contributed by atoms with E-state index in [-0.39, 0.29) is 23.8 Å². The summed E-state index contributed by atoms with van der Waals surface area (Å²) in [4.78, 5) is 25.9. The minimum atomic E-state index is -0.561. The molecule has 168 valence electrons. The van der Waals surface area contributed by atoms with Crippen molar-refractivity contribution in [1.82, 2.24) is 4.90 Å². The van der Waals surface area contributed by atoms with Crippen molar-refractivity contribution in [3.63, 3.8) is 0 Å². The van der Waals surface area contributed by atoms with Gasteiger partial charge in [-0.15, -0.1) is 11.8 Å². The van der Waals surface area contributed by atoms with E-state index in [1.54, 1.807) is 6.07 Å². The molecule has 1 aromatic rings. The van der Waals surface area contributed by atoms with Crippen LogP contribution in [0.5, 0.6) is 0 Å². The molecule has 0 bridgehead atoms. The van der Waals surface area contributed by atoms with Crippen LogP contribution in [0.15, 0.2) is 36.4 Å². The molecule has 1 aliphatic rings. The van der Waals surface area contributed by atoms with Crippen LogP contribution in [0.3, 0.4) is 0 Å². The van der Waals surface area contributed by atoms with Crippen molar-refractivity contribution in [1.29, 1.82) is 0 Å². The van der Waals surface area contributed by atoms with E-state index in [0.717, 1.165) is 37.7 Å². The topological polar surface area (TPSA) is 66.8 Å². The molecule has 0 saturated carbocycles. The first kappa shape index (κ1) is 24.7. The summed E-state index contributed by atoms with van der Waals surface area (Å²) < 4.78 is 4.77. The summed E-state index contributed by atoms with van der Waals surface area (Å²) in [5.74, 6) is 6.13. The summed E-state index contributed by atoms with van der Waals surface area (Å²) in [5.41, 5.74) is 1.59. The van der Waals surface area contributed by atoms with Crippen LogP contribution >= 0.6 is 0 Å². The first-order chi connectivity index (χ1) is 15.0. The van der Waals surface area contributed by atoms with Crippen LogP contribution in [0.2, 0.25) is 0 Å². The lowest BCUT2D eigenvalue weighted by molar-refractivity contribution is -0.128. The molecule has 1 saturated heterocycles. The number of nitrogens with zero attached hydrogens (tertiary/aromatic N) is 1. The molecular weight excluding hydrogens is 390 g/mol. The zero-order chi connectivity index (χ0) is 22.6. The molecule has 31 heavy (non-hydrogen) atoms. The number of aliphatic hydroxyl groups is 1. The first-order valence-electron chi connectivity index (χ1n) is 11.2. The number of aliphatic hydroxyl groups excluding tert-OH is 1. The molecule has 1 aromatic carbocycles. The number of hydrogen-bond acceptors (Lipinski definition) is 4. The second-order valence-electron chi connectivity index (χ2n) is 8.15. The van der Waals surface area contributed by atoms with Gasteiger partial charge in [0.25, 0.3) is 0 Å². The van der Waals surface area contributed by atoms with Gasteiger partial charge in [0.2, 0.25) is 5.91 Å². The zero-order valence-corrected chi connectivity index (χ0v) is 19.0. The molecule has 0 aliphatic carbocycles. The Morgan fingerprint density at radius 2 is 2.19 bits per heavy atom. The number of hydrogen-bond donors (Lipinski definition) is 1. The average molecular weight is 426 g/mol. The standard InChI is InChI=1S/C26H35NO4/c1-4-5-6-7-10-20(2)24(28)16-14-23-15-17-25(29)27(23)18-9-12-21-11-8-13-22(19-21)26(30)31-3/h8,11,13-14,16,19-20,23-24,28H,4-5,9-10,12,15,17-18H2,1-3H3/t20-,23-,24-/m0/s1. The van der Waals surface area contributed by atoms with Crippen molar-refractivity contribution in [3.05, 3.63) is 47.5 Å². The fraction of sp³-hybridized carbons (Fsp3) is 0.538. The second kappa shape index (κ2) is 13.0. The number of ether oxygens (including phenoxy) is 1. The monoisotopic (exact) mass is 425 g/mol. The van der Waals surface area contributed by atoms with Crippen LogP contribution in [0, 0.1) is 17.8 Å². The molecule has 3 atom stereocenters. The van der Waals surface area contributed by atoms with Gasteiger partial charge in [0, 0.05) is 25.8 Å². The fourth-order valence-electron chi connectivity index (χ4n) is 3.67. The number of unbranched alkanes of at least 4 members (excludes halogenated alkanes) is 1. The van der Waals surface area contributed by atoms with Crippen LogP contribution in [-0.2, 0) is 16.0 Å². The fourth-order valence-corrected chi connectivity index (χ4v) is 3.67. The van der Waals surface area contributed by atoms with Crippen molar-refractivity contribution in [2.75, 3.05) is 13.7 Å². The summed E-state index contributed by atoms with van der Waals surface area (Å²) in [6, 6.07) is 7.44. The third kappa shape index (κ3) is 7.88. The van der Waals surface area contributed by atoms with Gasteiger partial charge in [0.15, 0.2) is 0 Å². The normalized spacial score (nSPS) is 18.0. The summed E-state index contributed by atoms with van der Waals surface area (Å²) in [6.07, 6.45) is 8.76. The molecule has 1 fully saturated rings. The highest BCUT2D eigenvalue weighted by Crippen LogP contribution is 2.22. The maximum Gasteiger partial charge on any atom is 0.337 e. The van der Waals surface area contributed by atoms with Crippen LogP contribution in [0.25, 0.3) is 0 Å². The van der Waals surface area contributed by atoms with Crippen LogP contribution in [0.1, 0.15) is 68.3 Å². The molecule has 5 heteroatoms. The van der Waals surface area contributed by atoms with Crippen LogP contribution in [0.4, 0.5) is 0 Å². The predicted molar refractivity (Wildman–Crippen MR) is 122 cm³/mol. The highest BCUT2D eigenvalue weighted by Gasteiger charge is 2.28. The molecule has 0 spiro atoms. The van der Waals surface area contributed by atoms with Crippen molar-refractivity contribution in [3.8, 4) is 11.8 Å². The quantitative estimate of drug-likeness (QED) is 0.348. The number of esters is 1. The molecule has 5 nitrogen and oxygen atoms in total. The number of carbonyl (C=O) groups is 2. The molecule has 1 N–H and O–H groups in total. The molecule has 0 aromatic heterocycles. The molecule has 1 aliphatic heterocycles. The van der Waals surface area contributed by atoms with Gasteiger partial charge < -0.3 is 14.7 Å². The Hall–Kier alpha value is -2.58. The van der Waals surface area contributed by atoms with Crippen molar-refractivity contribution < 1.29 is 19.4 Å². The van der Waals surface area contributed by atoms with Gasteiger partial charge >= 0.3 is 5.97 Å². The van der Waals surface area contributed by atoms with E-state index in [2.05, 4.69) is 18.8 Å². The van der Waals surface area contributed by atoms with Crippen molar-refractivity contribution in [2.45, 2.75) is 70.9 Å². The first-order valence-corrected chi connectivity index (χ1v) is 11.2. The summed E-state index contributed by atoms with van der Waals surface area (Å²) in [6.45, 7) is 4.75. The highest BCUT2D eigenvalue weighted by atomic mass is 16.5. The predicted octanol–water partition coefficient (Wildman–Crippen LogP) is 4.14. The Labute approximate surface area is 186 Å². The number of methoxy groups -OCH3 is 1. The lowest BCUT2D eigenvalue weighted by Crippen LogP contribution is -2.33. The Morgan fingerprint density at radius 1 is 1.39 bits per heavy atom. The molecule has 2 rings (SSSR count). The Kier molecular flexibility index (Phi) is 10.3. The number of benzene rings is 1. The van der Waals surface area contributed by atoms with E-state index < -0.39 is 6.10 Å². The number of carbonyl (C=O) groups excluding carboxylic acids is 2. The van der Waals surface area contributed by atoms with E-state index in [1.165, 1.54) is 7.11 Å². The van der Waals surface area contributed by atoms with Gasteiger partial charge in [0.1, 0.15) is 0 Å². The Balaban J connectivity index is 1.87. The van der Waals surface area contributed by atoms with Gasteiger partial charge in [-0.05, 0) is 49.3 Å². The average Bonchev–Trinajstić information content (AvgIpc) is 3.13. The van der Waals surface area contributed by atoms with Gasteiger partial charge in [0.05, 0.1) is 24.8 Å². The summed E-state index contributed by atoms with van der Waals surface area (Å²) in [5, 5.41) is 10.4. The zero-order valence-electron chi connectivity index (χ0n) is 19.0. The van der Waals surface area contributed by atoms with Crippen LogP contribution < -0.4 is 0 Å². The second-order valence-corrected chi connectivity index (χ2v) is 8.15. The van der Waals surface area contributed by atoms with E-state index >= 15 is 0 Å². The minimum Gasteiger partial charge on any atom is -0.465 e. The largest absolute Gasteiger partial charge is 0.465 e. The van der Waals surface area contributed by atoms with Crippen molar-refractivity contribution >= 4 is 11.9 Å². The van der Waals surface area contributed by atoms with E-state index in [1.807, 2.05) is 42.2 Å². The highest BCUT2D eigenvalue weighted by molar-refractivity contribution is 5.89. The lowest BCUT2D eigenvalue weighted by atomic mass is 9.99. The molecule has 1 heterocycles. The summed E-state index contributed by atoms with van der Waals surface area (Å²) in [7, 11) is 1.37. The van der Waals surface area contributed by atoms with Gasteiger partial charge in [-0.25, -0.2) is 4.79 Å². The third-order valence-corrected chi connectivity index (χ3v) is 5.62. The number of likely N-dealkylation sites (tertiary alicyclic amines) is 1. The maximum atomic E-state index is 12.3. The SMILES string of the molecule is CCCC#CC[C@H](C)[C@@H](O)C=C[C@H]1CCC(=O)N1CCCc1cccc(C(=O)OC)c1. The number of rotatable bonds is 10. The minimum absolute atomic E-state index is 0.0296. The molecule has 1 amide bonds. The van der Waals surface area contributed by atoms with E-state index in [0.29, 0.717) is 24.9 Å². The number of aryl methyl sites for hydroxylation is 1. The Bertz CT molecular complexity index is 820. The van der Waals surface area contributed by atoms with Crippen molar-refractivity contribution in [2.24, 2.45) is 5.92 Å². The third-order valence-electron chi connectivity index (χ3n) is 5.62. The molecule has 0 radical (unpaired) electrons. The van der Waals surface area contributed by atoms with E-state index in [4.69, 9.17) is 4.74 Å². The molecular formula is C26H35NO4. The lowest BCUT2D eigenvalue weighted by Gasteiger charge is -2.23.